The second kappa shape index (κ2) is 15.3. The van der Waals surface area contributed by atoms with Crippen molar-refractivity contribution in [3.63, 3.8) is 0 Å². The molecule has 3 aliphatic rings. The molecule has 3 heterocycles. The minimum Gasteiger partial charge on any atom is -0.251 e. The summed E-state index contributed by atoms with van der Waals surface area (Å²) in [4.78, 5) is 23.4. The lowest BCUT2D eigenvalue weighted by Gasteiger charge is -2.32. The third-order valence-electron chi connectivity index (χ3n) is 12.4. The van der Waals surface area contributed by atoms with Crippen LogP contribution in [-0.2, 0) is 5.41 Å². The fraction of sp³-hybridized carbons (Fsp3) is 0.107. The lowest BCUT2D eigenvalue weighted by molar-refractivity contribution is 0.582. The molecule has 0 radical (unpaired) electrons. The summed E-state index contributed by atoms with van der Waals surface area (Å²) in [6, 6.07) is 57.5. The van der Waals surface area contributed by atoms with E-state index < -0.39 is 0 Å². The topological polar surface area (TPSA) is 51.6 Å². The fourth-order valence-electron chi connectivity index (χ4n) is 9.15. The van der Waals surface area contributed by atoms with Crippen LogP contribution in [0.2, 0.25) is 0 Å². The van der Waals surface area contributed by atoms with E-state index in [4.69, 9.17) is 19.9 Å². The molecular weight excluding hydrogens is 761 g/mol. The minimum atomic E-state index is -0.116. The Hall–Kier alpha value is -6.95. The van der Waals surface area contributed by atoms with E-state index in [0.717, 1.165) is 46.4 Å². The molecular formula is C56H42N4S. The molecule has 6 aromatic carbocycles. The van der Waals surface area contributed by atoms with Gasteiger partial charge in [-0.05, 0) is 63.9 Å². The highest BCUT2D eigenvalue weighted by Crippen LogP contribution is 2.60. The van der Waals surface area contributed by atoms with Crippen molar-refractivity contribution < 1.29 is 0 Å². The van der Waals surface area contributed by atoms with E-state index in [1.165, 1.54) is 54.4 Å². The quantitative estimate of drug-likeness (QED) is 0.161. The van der Waals surface area contributed by atoms with Crippen LogP contribution in [0.1, 0.15) is 55.0 Å². The predicted molar refractivity (Wildman–Crippen MR) is 253 cm³/mol. The van der Waals surface area contributed by atoms with Crippen molar-refractivity contribution in [2.45, 2.75) is 42.9 Å². The van der Waals surface area contributed by atoms with Gasteiger partial charge in [0.25, 0.3) is 0 Å². The highest BCUT2D eigenvalue weighted by atomic mass is 32.2. The van der Waals surface area contributed by atoms with E-state index in [0.29, 0.717) is 17.5 Å². The molecule has 0 spiro atoms. The first-order chi connectivity index (χ1) is 30.0. The number of hydrogen-bond acceptors (Lipinski definition) is 5. The largest absolute Gasteiger partial charge is 0.251 e. The van der Waals surface area contributed by atoms with E-state index in [1.54, 1.807) is 0 Å². The van der Waals surface area contributed by atoms with Crippen LogP contribution >= 0.6 is 11.8 Å². The molecule has 0 saturated carbocycles. The molecule has 0 bridgehead atoms. The number of rotatable bonds is 7. The zero-order valence-corrected chi connectivity index (χ0v) is 34.9. The van der Waals surface area contributed by atoms with Gasteiger partial charge in [-0.1, -0.05) is 202 Å². The standard InChI is InChI=1S/C56H42N4S/c1-36-33-46(45-22-14-21-44(34-45)38-17-8-4-9-18-38)35-47-49-52(61-48-23-12-13-32-56(48,49)2)51(57-50(36)47)40-26-30-43(31-27-40)55-59-53(41-19-10-5-11-20-41)58-54(60-55)42-28-24-39(25-29-42)37-15-6-3-7-16-37/h3-31,34-36H,32-33H2,1-2H3. The summed E-state index contributed by atoms with van der Waals surface area (Å²) in [7, 11) is 0. The Balaban J connectivity index is 0.994. The number of pyridine rings is 1. The van der Waals surface area contributed by atoms with Crippen LogP contribution < -0.4 is 0 Å². The van der Waals surface area contributed by atoms with Gasteiger partial charge < -0.3 is 0 Å². The van der Waals surface area contributed by atoms with Gasteiger partial charge in [0.05, 0.1) is 11.4 Å². The lowest BCUT2D eigenvalue weighted by atomic mass is 9.72. The molecule has 2 atom stereocenters. The highest BCUT2D eigenvalue weighted by Gasteiger charge is 2.45. The molecule has 0 amide bonds. The molecule has 292 valence electrons. The van der Waals surface area contributed by atoms with Crippen molar-refractivity contribution in [3.05, 3.63) is 209 Å². The Bertz CT molecular complexity index is 3040. The van der Waals surface area contributed by atoms with Crippen LogP contribution in [0.4, 0.5) is 0 Å². The zero-order valence-electron chi connectivity index (χ0n) is 34.1. The Kier molecular flexibility index (Phi) is 9.28. The molecule has 5 heteroatoms. The first kappa shape index (κ1) is 37.1. The number of benzene rings is 6. The van der Waals surface area contributed by atoms with E-state index in [9.17, 15) is 0 Å². The van der Waals surface area contributed by atoms with Gasteiger partial charge >= 0.3 is 0 Å². The number of thioether (sulfide) groups is 1. The molecule has 2 aliphatic carbocycles. The molecule has 8 aromatic rings. The van der Waals surface area contributed by atoms with Crippen LogP contribution in [-0.4, -0.2) is 19.9 Å². The molecule has 0 N–H and O–H groups in total. The van der Waals surface area contributed by atoms with Gasteiger partial charge in [-0.2, -0.15) is 0 Å². The van der Waals surface area contributed by atoms with Gasteiger partial charge in [0, 0.05) is 49.0 Å². The van der Waals surface area contributed by atoms with Crippen LogP contribution in [0.3, 0.4) is 0 Å². The van der Waals surface area contributed by atoms with Gasteiger partial charge in [-0.3, -0.25) is 4.98 Å². The SMILES string of the molecule is CC1CC(c2cccc(-c3ccccc3)c2)=Cc2c1nc(-c1ccc(-c3nc(-c4ccccc4)nc(-c4ccc(-c5ccccc5)cc4)n3)cc1)c1c2C2(C)CC=CC=C2S1. The van der Waals surface area contributed by atoms with Gasteiger partial charge in [0.15, 0.2) is 17.5 Å². The summed E-state index contributed by atoms with van der Waals surface area (Å²) < 4.78 is 0. The second-order valence-electron chi connectivity index (χ2n) is 16.5. The monoisotopic (exact) mass is 802 g/mol. The highest BCUT2D eigenvalue weighted by molar-refractivity contribution is 8.03. The maximum absolute atomic E-state index is 5.60. The zero-order chi connectivity index (χ0) is 40.9. The van der Waals surface area contributed by atoms with Crippen molar-refractivity contribution in [3.8, 4) is 67.7 Å². The number of fused-ring (bicyclic) bond motifs is 5. The van der Waals surface area contributed by atoms with Gasteiger partial charge in [-0.15, -0.1) is 0 Å². The molecule has 0 fully saturated rings. The Morgan fingerprint density at radius 1 is 0.525 bits per heavy atom. The number of allylic oxidation sites excluding steroid dienone is 5. The van der Waals surface area contributed by atoms with E-state index in [2.05, 4.69) is 178 Å². The van der Waals surface area contributed by atoms with Crippen LogP contribution in [0.15, 0.2) is 192 Å². The van der Waals surface area contributed by atoms with Gasteiger partial charge in [0.1, 0.15) is 0 Å². The molecule has 2 aromatic heterocycles. The number of nitrogens with zero attached hydrogens (tertiary/aromatic N) is 4. The van der Waals surface area contributed by atoms with E-state index in [1.807, 2.05) is 36.0 Å². The third-order valence-corrected chi connectivity index (χ3v) is 13.8. The maximum atomic E-state index is 5.60. The van der Waals surface area contributed by atoms with Crippen molar-refractivity contribution >= 4 is 23.4 Å². The van der Waals surface area contributed by atoms with Crippen molar-refractivity contribution in [2.75, 3.05) is 0 Å². The summed E-state index contributed by atoms with van der Waals surface area (Å²) in [5.41, 5.74) is 16.2. The van der Waals surface area contributed by atoms with Gasteiger partial charge in [0.2, 0.25) is 0 Å². The van der Waals surface area contributed by atoms with Crippen LogP contribution in [0.5, 0.6) is 0 Å². The molecule has 61 heavy (non-hydrogen) atoms. The molecule has 1 aliphatic heterocycles. The lowest BCUT2D eigenvalue weighted by Crippen LogP contribution is -2.24. The van der Waals surface area contributed by atoms with Gasteiger partial charge in [-0.25, -0.2) is 15.0 Å². The number of hydrogen-bond donors (Lipinski definition) is 0. The third kappa shape index (κ3) is 6.76. The van der Waals surface area contributed by atoms with E-state index in [-0.39, 0.29) is 11.3 Å². The average molecular weight is 803 g/mol. The van der Waals surface area contributed by atoms with Crippen LogP contribution in [0, 0.1) is 0 Å². The summed E-state index contributed by atoms with van der Waals surface area (Å²) in [6.07, 6.45) is 11.2. The molecule has 4 nitrogen and oxygen atoms in total. The Morgan fingerprint density at radius 3 is 1.64 bits per heavy atom. The summed E-state index contributed by atoms with van der Waals surface area (Å²) in [5, 5.41) is 0. The number of aromatic nitrogens is 4. The van der Waals surface area contributed by atoms with Crippen molar-refractivity contribution in [1.82, 2.24) is 19.9 Å². The first-order valence-corrected chi connectivity index (χ1v) is 21.9. The Labute approximate surface area is 361 Å². The maximum Gasteiger partial charge on any atom is 0.164 e. The summed E-state index contributed by atoms with van der Waals surface area (Å²) in [5.74, 6) is 2.18. The fourth-order valence-corrected chi connectivity index (χ4v) is 10.6. The Morgan fingerprint density at radius 2 is 1.02 bits per heavy atom. The summed E-state index contributed by atoms with van der Waals surface area (Å²) >= 11 is 1.90. The second-order valence-corrected chi connectivity index (χ2v) is 17.5. The van der Waals surface area contributed by atoms with Crippen molar-refractivity contribution in [1.29, 1.82) is 0 Å². The predicted octanol–water partition coefficient (Wildman–Crippen LogP) is 14.5. The minimum absolute atomic E-state index is 0.116. The average Bonchev–Trinajstić information content (AvgIpc) is 3.65. The van der Waals surface area contributed by atoms with E-state index >= 15 is 0 Å². The van der Waals surface area contributed by atoms with Crippen LogP contribution in [0.25, 0.3) is 79.3 Å². The molecule has 2 unspecified atom stereocenters. The smallest absolute Gasteiger partial charge is 0.164 e. The van der Waals surface area contributed by atoms with Crippen molar-refractivity contribution in [2.24, 2.45) is 0 Å². The molecule has 0 saturated heterocycles. The first-order valence-electron chi connectivity index (χ1n) is 21.1. The summed E-state index contributed by atoms with van der Waals surface area (Å²) in [6.45, 7) is 4.77. The molecule has 11 rings (SSSR count). The normalized spacial score (nSPS) is 17.5.